The minimum absolute atomic E-state index is 1.25. The second kappa shape index (κ2) is 36.9. The molecule has 6 heteroatoms. The van der Waals surface area contributed by atoms with Crippen LogP contribution in [0.5, 0.6) is 0 Å². The molecule has 0 bridgehead atoms. The molecule has 0 aliphatic rings. The molecule has 0 radical (unpaired) electrons. The molecule has 40 heavy (non-hydrogen) atoms. The maximum absolute atomic E-state index is 8.74. The van der Waals surface area contributed by atoms with Crippen LogP contribution in [0.2, 0.25) is 0 Å². The largest absolute Gasteiger partial charge is 0.394 e. The van der Waals surface area contributed by atoms with Gasteiger partial charge in [-0.3, -0.25) is 9.11 Å². The molecule has 0 aromatic rings. The highest BCUT2D eigenvalue weighted by atomic mass is 32.3. The molecule has 0 unspecified atom stereocenters. The fourth-order valence-corrected chi connectivity index (χ4v) is 5.37. The van der Waals surface area contributed by atoms with Crippen LogP contribution in [-0.4, -0.2) is 30.6 Å². The molecule has 0 saturated heterocycles. The van der Waals surface area contributed by atoms with E-state index in [9.17, 15) is 0 Å². The Labute approximate surface area is 252 Å². The molecule has 0 amide bonds. The molecule has 0 aromatic heterocycles. The van der Waals surface area contributed by atoms with Gasteiger partial charge in [0.05, 0.1) is 0 Å². The Morgan fingerprint density at radius 3 is 0.675 bits per heavy atom. The summed E-state index contributed by atoms with van der Waals surface area (Å²) in [7, 11) is -4.67. The first-order valence-corrected chi connectivity index (χ1v) is 19.2. The van der Waals surface area contributed by atoms with E-state index in [1.165, 1.54) is 206 Å². The van der Waals surface area contributed by atoms with Gasteiger partial charge in [-0.15, -0.1) is 0 Å². The summed E-state index contributed by atoms with van der Waals surface area (Å²) in [5.41, 5.74) is 0. The fraction of sp³-hybridized carbons (Fsp3) is 1.00. The maximum atomic E-state index is 8.74. The molecule has 0 rings (SSSR count). The normalized spacial score (nSPS) is 11.5. The van der Waals surface area contributed by atoms with Crippen LogP contribution in [-0.2, 0) is 10.4 Å². The molecule has 0 saturated carbocycles. The topological polar surface area (TPSA) is 86.6 Å². The predicted octanol–water partition coefficient (Wildman–Crippen LogP) is 11.7. The molecule has 0 heterocycles. The van der Waals surface area contributed by atoms with Gasteiger partial charge < -0.3 is 5.32 Å². The summed E-state index contributed by atoms with van der Waals surface area (Å²) in [6.45, 7) is 7.10. The molecule has 3 N–H and O–H groups in total. The second-order valence-electron chi connectivity index (χ2n) is 12.1. The summed E-state index contributed by atoms with van der Waals surface area (Å²) in [4.78, 5) is 0. The Kier molecular flexibility index (Phi) is 38.7. The van der Waals surface area contributed by atoms with Gasteiger partial charge in [-0.05, 0) is 25.9 Å². The summed E-state index contributed by atoms with van der Waals surface area (Å²) in [5.74, 6) is 0. The Hall–Kier alpha value is -0.170. The molecular formula is C34H73NO4S. The van der Waals surface area contributed by atoms with Gasteiger partial charge in [-0.2, -0.15) is 8.42 Å². The lowest BCUT2D eigenvalue weighted by atomic mass is 10.0. The van der Waals surface area contributed by atoms with Crippen molar-refractivity contribution in [3.63, 3.8) is 0 Å². The van der Waals surface area contributed by atoms with E-state index in [0.717, 1.165) is 0 Å². The van der Waals surface area contributed by atoms with Crippen molar-refractivity contribution < 1.29 is 17.5 Å². The summed E-state index contributed by atoms with van der Waals surface area (Å²) in [6.07, 6.45) is 43.7. The molecule has 0 atom stereocenters. The lowest BCUT2D eigenvalue weighted by Crippen LogP contribution is -2.16. The van der Waals surface area contributed by atoms with Gasteiger partial charge >= 0.3 is 10.4 Å². The van der Waals surface area contributed by atoms with E-state index >= 15 is 0 Å². The van der Waals surface area contributed by atoms with E-state index in [1.807, 2.05) is 0 Å². The van der Waals surface area contributed by atoms with Gasteiger partial charge in [0.1, 0.15) is 0 Å². The van der Waals surface area contributed by atoms with Crippen molar-refractivity contribution in [2.24, 2.45) is 0 Å². The van der Waals surface area contributed by atoms with Crippen molar-refractivity contribution >= 4 is 10.4 Å². The zero-order chi connectivity index (χ0) is 29.8. The first-order valence-electron chi connectivity index (χ1n) is 17.8. The van der Waals surface area contributed by atoms with E-state index in [1.54, 1.807) is 0 Å². The minimum Gasteiger partial charge on any atom is -0.317 e. The number of unbranched alkanes of at least 4 members (excludes halogenated alkanes) is 28. The SMILES string of the molecule is CCCCCCCCCCCCCCCCCCNCCCCCCCCCCCCCCCC.O=S(=O)(O)O. The third-order valence-corrected chi connectivity index (χ3v) is 7.91. The van der Waals surface area contributed by atoms with Crippen LogP contribution >= 0.6 is 0 Å². The fourth-order valence-electron chi connectivity index (χ4n) is 5.37. The zero-order valence-electron chi connectivity index (χ0n) is 27.2. The number of rotatable bonds is 32. The number of nitrogens with one attached hydrogen (secondary N) is 1. The molecule has 0 aliphatic carbocycles. The van der Waals surface area contributed by atoms with Crippen LogP contribution < -0.4 is 5.32 Å². The van der Waals surface area contributed by atoms with Gasteiger partial charge in [-0.25, -0.2) is 0 Å². The Morgan fingerprint density at radius 1 is 0.350 bits per heavy atom. The first kappa shape index (κ1) is 42.0. The second-order valence-corrected chi connectivity index (χ2v) is 13.0. The molecule has 5 nitrogen and oxygen atoms in total. The monoisotopic (exact) mass is 592 g/mol. The van der Waals surface area contributed by atoms with E-state index in [2.05, 4.69) is 19.2 Å². The Morgan fingerprint density at radius 2 is 0.500 bits per heavy atom. The van der Waals surface area contributed by atoms with E-state index in [4.69, 9.17) is 17.5 Å². The number of hydrogen-bond donors (Lipinski definition) is 3. The molecule has 0 aromatic carbocycles. The van der Waals surface area contributed by atoms with Crippen molar-refractivity contribution in [2.75, 3.05) is 13.1 Å². The van der Waals surface area contributed by atoms with Crippen LogP contribution in [0.1, 0.15) is 206 Å². The standard InChI is InChI=1S/C34H71N.H2O4S/c1-3-5-7-9-11-13-15-17-19-20-22-24-26-28-30-32-34-35-33-31-29-27-25-23-21-18-16-14-12-10-8-6-4-2;1-5(2,3)4/h35H,3-34H2,1-2H3;(H2,1,2,3,4). The minimum atomic E-state index is -4.67. The summed E-state index contributed by atoms with van der Waals surface area (Å²) >= 11 is 0. The Balaban J connectivity index is 0. The highest BCUT2D eigenvalue weighted by Gasteiger charge is 1.96. The van der Waals surface area contributed by atoms with Crippen LogP contribution in [0.15, 0.2) is 0 Å². The quantitative estimate of drug-likeness (QED) is 0.0535. The zero-order valence-corrected chi connectivity index (χ0v) is 28.1. The van der Waals surface area contributed by atoms with Crippen molar-refractivity contribution in [2.45, 2.75) is 206 Å². The van der Waals surface area contributed by atoms with Crippen LogP contribution in [0.25, 0.3) is 0 Å². The van der Waals surface area contributed by atoms with Crippen LogP contribution in [0.4, 0.5) is 0 Å². The average molecular weight is 592 g/mol. The van der Waals surface area contributed by atoms with Crippen molar-refractivity contribution in [1.82, 2.24) is 5.32 Å². The molecule has 0 aliphatic heterocycles. The van der Waals surface area contributed by atoms with Gasteiger partial charge in [0.25, 0.3) is 0 Å². The van der Waals surface area contributed by atoms with Gasteiger partial charge in [-0.1, -0.05) is 194 Å². The van der Waals surface area contributed by atoms with E-state index in [0.29, 0.717) is 0 Å². The summed E-state index contributed by atoms with van der Waals surface area (Å²) in [6, 6.07) is 0. The molecular weight excluding hydrogens is 518 g/mol. The molecule has 0 fully saturated rings. The third-order valence-electron chi connectivity index (χ3n) is 7.91. The molecule has 244 valence electrons. The van der Waals surface area contributed by atoms with Crippen LogP contribution in [0.3, 0.4) is 0 Å². The molecule has 0 spiro atoms. The first-order chi connectivity index (χ1) is 19.4. The maximum Gasteiger partial charge on any atom is 0.394 e. The summed E-state index contributed by atoms with van der Waals surface area (Å²) in [5, 5.41) is 3.68. The van der Waals surface area contributed by atoms with Gasteiger partial charge in [0, 0.05) is 0 Å². The van der Waals surface area contributed by atoms with Crippen molar-refractivity contribution in [3.05, 3.63) is 0 Å². The van der Waals surface area contributed by atoms with Gasteiger partial charge in [0.2, 0.25) is 0 Å². The lowest BCUT2D eigenvalue weighted by molar-refractivity contribution is 0.381. The van der Waals surface area contributed by atoms with Crippen molar-refractivity contribution in [1.29, 1.82) is 0 Å². The van der Waals surface area contributed by atoms with Crippen molar-refractivity contribution in [3.8, 4) is 0 Å². The smallest absolute Gasteiger partial charge is 0.317 e. The van der Waals surface area contributed by atoms with Crippen LogP contribution in [0, 0.1) is 0 Å². The number of hydrogen-bond acceptors (Lipinski definition) is 3. The third kappa shape index (κ3) is 50.6. The van der Waals surface area contributed by atoms with Gasteiger partial charge in [0.15, 0.2) is 0 Å². The predicted molar refractivity (Wildman–Crippen MR) is 177 cm³/mol. The Bertz CT molecular complexity index is 502. The van der Waals surface area contributed by atoms with E-state index in [-0.39, 0.29) is 0 Å². The van der Waals surface area contributed by atoms with E-state index < -0.39 is 10.4 Å². The average Bonchev–Trinajstić information content (AvgIpc) is 2.91. The highest BCUT2D eigenvalue weighted by molar-refractivity contribution is 7.79. The lowest BCUT2D eigenvalue weighted by Gasteiger charge is -2.06. The highest BCUT2D eigenvalue weighted by Crippen LogP contribution is 2.14. The summed E-state index contributed by atoms with van der Waals surface area (Å²) < 4.78 is 31.6.